The van der Waals surface area contributed by atoms with E-state index >= 15 is 0 Å². The molecule has 1 aliphatic rings. The molecule has 144 valence electrons. The minimum atomic E-state index is -0.647. The maximum Gasteiger partial charge on any atom is 0.374 e. The van der Waals surface area contributed by atoms with Crippen LogP contribution in [-0.4, -0.2) is 24.9 Å². The lowest BCUT2D eigenvalue weighted by Gasteiger charge is -2.06. The quantitative estimate of drug-likeness (QED) is 0.480. The van der Waals surface area contributed by atoms with Crippen molar-refractivity contribution < 1.29 is 28.2 Å². The van der Waals surface area contributed by atoms with Crippen molar-refractivity contribution in [3.63, 3.8) is 0 Å². The third-order valence-corrected chi connectivity index (χ3v) is 4.06. The highest BCUT2D eigenvalue weighted by molar-refractivity contribution is 6.13. The Balaban J connectivity index is 1.55. The van der Waals surface area contributed by atoms with Gasteiger partial charge >= 0.3 is 11.9 Å². The van der Waals surface area contributed by atoms with Crippen molar-refractivity contribution in [2.45, 2.75) is 0 Å². The van der Waals surface area contributed by atoms with Crippen molar-refractivity contribution in [3.05, 3.63) is 89.5 Å². The number of cyclic esters (lactones) is 1. The van der Waals surface area contributed by atoms with E-state index in [2.05, 4.69) is 9.73 Å². The summed E-state index contributed by atoms with van der Waals surface area (Å²) >= 11 is 0. The highest BCUT2D eigenvalue weighted by Gasteiger charge is 2.25. The first kappa shape index (κ1) is 18.2. The number of hydrogen-bond donors (Lipinski definition) is 0. The molecule has 0 aliphatic carbocycles. The van der Waals surface area contributed by atoms with Gasteiger partial charge in [-0.05, 0) is 48.5 Å². The van der Waals surface area contributed by atoms with E-state index in [4.69, 9.17) is 13.9 Å². The largest absolute Gasteiger partial charge is 0.463 e. The molecule has 4 rings (SSSR count). The molecule has 1 aliphatic heterocycles. The molecule has 0 bridgehead atoms. The van der Waals surface area contributed by atoms with Gasteiger partial charge in [0.2, 0.25) is 11.7 Å². The van der Waals surface area contributed by atoms with Crippen molar-refractivity contribution in [1.82, 2.24) is 0 Å². The highest BCUT2D eigenvalue weighted by atomic mass is 16.6. The lowest BCUT2D eigenvalue weighted by Crippen LogP contribution is -2.05. The van der Waals surface area contributed by atoms with Crippen LogP contribution in [0, 0.1) is 0 Å². The van der Waals surface area contributed by atoms with Crippen LogP contribution < -0.4 is 4.74 Å². The number of hydrogen-bond acceptors (Lipinski definition) is 7. The normalized spacial score (nSPS) is 14.4. The molecule has 0 radical (unpaired) electrons. The summed E-state index contributed by atoms with van der Waals surface area (Å²) in [6.07, 6.45) is 2.74. The van der Waals surface area contributed by atoms with Gasteiger partial charge in [0.05, 0.1) is 13.4 Å². The van der Waals surface area contributed by atoms with Crippen molar-refractivity contribution in [2.24, 2.45) is 4.99 Å². The zero-order valence-electron chi connectivity index (χ0n) is 15.3. The molecular weight excluding hydrogens is 374 g/mol. The summed E-state index contributed by atoms with van der Waals surface area (Å²) in [4.78, 5) is 28.1. The van der Waals surface area contributed by atoms with Crippen LogP contribution in [0.2, 0.25) is 0 Å². The molecule has 7 heteroatoms. The van der Waals surface area contributed by atoms with Crippen LogP contribution in [0.3, 0.4) is 0 Å². The van der Waals surface area contributed by atoms with Gasteiger partial charge in [0.25, 0.3) is 0 Å². The molecule has 1 aromatic heterocycles. The number of methoxy groups -OCH3 is 1. The lowest BCUT2D eigenvalue weighted by molar-refractivity contribution is -0.129. The number of rotatable bonds is 5. The second kappa shape index (κ2) is 7.85. The van der Waals surface area contributed by atoms with Gasteiger partial charge in [-0.2, -0.15) is 0 Å². The first-order chi connectivity index (χ1) is 14.1. The Bertz CT molecular complexity index is 1110. The molecule has 0 saturated heterocycles. The molecule has 0 unspecified atom stereocenters. The van der Waals surface area contributed by atoms with Gasteiger partial charge in [-0.15, -0.1) is 0 Å². The molecule has 0 N–H and O–H groups in total. The average Bonchev–Trinajstić information content (AvgIpc) is 3.36. The minimum absolute atomic E-state index is 0.0149. The van der Waals surface area contributed by atoms with Crippen molar-refractivity contribution in [2.75, 3.05) is 7.11 Å². The number of ether oxygens (including phenoxy) is 3. The van der Waals surface area contributed by atoms with Crippen LogP contribution in [0.4, 0.5) is 0 Å². The number of benzene rings is 2. The summed E-state index contributed by atoms with van der Waals surface area (Å²) in [5.74, 6) is 0.237. The van der Waals surface area contributed by atoms with Crippen LogP contribution in [0.15, 0.2) is 82.0 Å². The average molecular weight is 389 g/mol. The Labute approximate surface area is 165 Å². The molecule has 3 aromatic rings. The van der Waals surface area contributed by atoms with E-state index in [1.54, 1.807) is 24.3 Å². The van der Waals surface area contributed by atoms with Gasteiger partial charge in [-0.25, -0.2) is 14.6 Å². The van der Waals surface area contributed by atoms with Gasteiger partial charge < -0.3 is 18.6 Å². The standard InChI is InChI=1S/C22H15NO6/c1-26-22(25)19-15(11-12-27-19)13-18-21(24)29-20(23-18)14-7-9-17(10-8-14)28-16-5-3-2-4-6-16/h2-13H,1H3. The molecule has 0 amide bonds. The monoisotopic (exact) mass is 389 g/mol. The van der Waals surface area contributed by atoms with E-state index in [-0.39, 0.29) is 17.4 Å². The van der Waals surface area contributed by atoms with Gasteiger partial charge in [0, 0.05) is 11.1 Å². The molecular formula is C22H15NO6. The van der Waals surface area contributed by atoms with E-state index in [1.165, 1.54) is 25.5 Å². The molecule has 0 fully saturated rings. The smallest absolute Gasteiger partial charge is 0.374 e. The Morgan fingerprint density at radius 2 is 1.72 bits per heavy atom. The number of carbonyl (C=O) groups excluding carboxylic acids is 2. The summed E-state index contributed by atoms with van der Waals surface area (Å²) < 4.78 is 20.7. The van der Waals surface area contributed by atoms with E-state index in [0.29, 0.717) is 16.9 Å². The first-order valence-electron chi connectivity index (χ1n) is 8.66. The number of furan rings is 1. The predicted octanol–water partition coefficient (Wildman–Crippen LogP) is 4.20. The molecule has 0 saturated carbocycles. The Kier molecular flexibility index (Phi) is 4.94. The first-order valence-corrected chi connectivity index (χ1v) is 8.66. The maximum atomic E-state index is 12.2. The second-order valence-corrected chi connectivity index (χ2v) is 5.97. The van der Waals surface area contributed by atoms with Crippen LogP contribution in [-0.2, 0) is 14.3 Å². The lowest BCUT2D eigenvalue weighted by atomic mass is 10.2. The number of aliphatic imine (C=N–C) groups is 1. The van der Waals surface area contributed by atoms with E-state index in [1.807, 2.05) is 30.3 Å². The number of esters is 2. The summed E-state index contributed by atoms with van der Waals surface area (Å²) in [5, 5.41) is 0. The molecule has 0 spiro atoms. The third-order valence-electron chi connectivity index (χ3n) is 4.06. The third kappa shape index (κ3) is 3.93. The minimum Gasteiger partial charge on any atom is -0.463 e. The van der Waals surface area contributed by atoms with Crippen molar-refractivity contribution in [1.29, 1.82) is 0 Å². The molecule has 0 atom stereocenters. The maximum absolute atomic E-state index is 12.2. The topological polar surface area (TPSA) is 87.3 Å². The van der Waals surface area contributed by atoms with Crippen molar-refractivity contribution >= 4 is 23.9 Å². The molecule has 7 nitrogen and oxygen atoms in total. The summed E-state index contributed by atoms with van der Waals surface area (Å²) in [6, 6.07) is 17.9. The summed E-state index contributed by atoms with van der Waals surface area (Å²) in [7, 11) is 1.24. The van der Waals surface area contributed by atoms with Gasteiger partial charge in [0.15, 0.2) is 5.70 Å². The summed E-state index contributed by atoms with van der Waals surface area (Å²) in [5.41, 5.74) is 1.04. The zero-order valence-corrected chi connectivity index (χ0v) is 15.3. The van der Waals surface area contributed by atoms with Crippen molar-refractivity contribution in [3.8, 4) is 11.5 Å². The Morgan fingerprint density at radius 3 is 2.45 bits per heavy atom. The SMILES string of the molecule is COC(=O)c1occc1C=C1N=C(c2ccc(Oc3ccccc3)cc2)OC1=O. The Hall–Kier alpha value is -4.13. The molecule has 29 heavy (non-hydrogen) atoms. The van der Waals surface area contributed by atoms with Crippen LogP contribution >= 0.6 is 0 Å². The number of carbonyl (C=O) groups is 2. The van der Waals surface area contributed by atoms with E-state index in [0.717, 1.165) is 5.75 Å². The Morgan fingerprint density at radius 1 is 1.00 bits per heavy atom. The fourth-order valence-electron chi connectivity index (χ4n) is 2.66. The molecule has 2 heterocycles. The fourth-order valence-corrected chi connectivity index (χ4v) is 2.66. The second-order valence-electron chi connectivity index (χ2n) is 5.97. The highest BCUT2D eigenvalue weighted by Crippen LogP contribution is 2.25. The molecule has 2 aromatic carbocycles. The van der Waals surface area contributed by atoms with E-state index < -0.39 is 11.9 Å². The van der Waals surface area contributed by atoms with Crippen LogP contribution in [0.5, 0.6) is 11.5 Å². The zero-order chi connectivity index (χ0) is 20.2. The van der Waals surface area contributed by atoms with Gasteiger partial charge in [-0.3, -0.25) is 0 Å². The fraction of sp³-hybridized carbons (Fsp3) is 0.0455. The van der Waals surface area contributed by atoms with E-state index in [9.17, 15) is 9.59 Å². The predicted molar refractivity (Wildman–Crippen MR) is 104 cm³/mol. The van der Waals surface area contributed by atoms with Crippen LogP contribution in [0.1, 0.15) is 21.7 Å². The van der Waals surface area contributed by atoms with Gasteiger partial charge in [0.1, 0.15) is 11.5 Å². The van der Waals surface area contributed by atoms with Gasteiger partial charge in [-0.1, -0.05) is 18.2 Å². The number of para-hydroxylation sites is 1. The summed E-state index contributed by atoms with van der Waals surface area (Å²) in [6.45, 7) is 0. The number of nitrogens with zero attached hydrogens (tertiary/aromatic N) is 1. The van der Waals surface area contributed by atoms with Crippen LogP contribution in [0.25, 0.3) is 6.08 Å².